The number of hydrogen-bond donors (Lipinski definition) is 0. The van der Waals surface area contributed by atoms with Gasteiger partial charge in [-0.3, -0.25) is 0 Å². The summed E-state index contributed by atoms with van der Waals surface area (Å²) in [5.41, 5.74) is 11.3. The van der Waals surface area contributed by atoms with Crippen LogP contribution in [-0.4, -0.2) is 0 Å². The van der Waals surface area contributed by atoms with Crippen LogP contribution in [0.2, 0.25) is 0 Å². The van der Waals surface area contributed by atoms with E-state index in [0.717, 1.165) is 12.2 Å². The summed E-state index contributed by atoms with van der Waals surface area (Å²) in [5, 5.41) is 0. The summed E-state index contributed by atoms with van der Waals surface area (Å²) >= 11 is 0. The number of rotatable bonds is 1. The third kappa shape index (κ3) is 2.07. The highest BCUT2D eigenvalue weighted by Crippen LogP contribution is 2.75. The van der Waals surface area contributed by atoms with E-state index in [-0.39, 0.29) is 11.2 Å². The average Bonchev–Trinajstić information content (AvgIpc) is 3.59. The zero-order chi connectivity index (χ0) is 23.6. The predicted molar refractivity (Wildman–Crippen MR) is 136 cm³/mol. The number of aromatic nitrogens is 2. The third-order valence-electron chi connectivity index (χ3n) is 8.87. The third-order valence-corrected chi connectivity index (χ3v) is 8.87. The molecule has 0 bridgehead atoms. The highest BCUT2D eigenvalue weighted by atomic mass is 19.1. The van der Waals surface area contributed by atoms with Crippen molar-refractivity contribution in [1.82, 2.24) is 0 Å². The molecular formula is C32H22FN3+2. The first kappa shape index (κ1) is 18.9. The maximum atomic E-state index is 14.0. The van der Waals surface area contributed by atoms with Gasteiger partial charge in [0, 0.05) is 41.1 Å². The first-order valence-corrected chi connectivity index (χ1v) is 12.6. The number of nitrogens with zero attached hydrogens (tertiary/aromatic N) is 3. The van der Waals surface area contributed by atoms with Crippen LogP contribution in [0.15, 0.2) is 109 Å². The van der Waals surface area contributed by atoms with Crippen molar-refractivity contribution in [3.05, 3.63) is 126 Å². The van der Waals surface area contributed by atoms with Gasteiger partial charge in [0.1, 0.15) is 11.2 Å². The summed E-state index contributed by atoms with van der Waals surface area (Å²) < 4.78 is 19.0. The van der Waals surface area contributed by atoms with Gasteiger partial charge in [0.2, 0.25) is 11.4 Å². The number of anilines is 3. The largest absolute Gasteiger partial charge is 0.310 e. The fourth-order valence-electron chi connectivity index (χ4n) is 7.61. The molecule has 0 saturated heterocycles. The number of halogens is 1. The van der Waals surface area contributed by atoms with Crippen molar-refractivity contribution in [2.45, 2.75) is 23.9 Å². The molecule has 3 aromatic carbocycles. The summed E-state index contributed by atoms with van der Waals surface area (Å²) in [6.07, 6.45) is 4.50. The Hall–Kier alpha value is -4.31. The molecule has 3 atom stereocenters. The van der Waals surface area contributed by atoms with Crippen LogP contribution >= 0.6 is 0 Å². The Labute approximate surface area is 208 Å². The summed E-state index contributed by atoms with van der Waals surface area (Å²) in [4.78, 5) is 2.37. The van der Waals surface area contributed by atoms with Gasteiger partial charge >= 0.3 is 0 Å². The maximum Gasteiger partial charge on any atom is 0.213 e. The minimum Gasteiger partial charge on any atom is -0.310 e. The highest BCUT2D eigenvalue weighted by molar-refractivity contribution is 5.92. The van der Waals surface area contributed by atoms with Crippen molar-refractivity contribution >= 4 is 17.1 Å². The van der Waals surface area contributed by atoms with E-state index in [2.05, 4.69) is 99.2 Å². The van der Waals surface area contributed by atoms with Gasteiger partial charge in [-0.25, -0.2) is 4.39 Å². The Morgan fingerprint density at radius 2 is 1.47 bits per heavy atom. The van der Waals surface area contributed by atoms with Gasteiger partial charge in [-0.15, -0.1) is 0 Å². The van der Waals surface area contributed by atoms with Crippen LogP contribution in [0.25, 0.3) is 22.5 Å². The number of hydrogen-bond acceptors (Lipinski definition) is 1. The van der Waals surface area contributed by atoms with Gasteiger partial charge in [-0.05, 0) is 60.7 Å². The summed E-state index contributed by atoms with van der Waals surface area (Å²) in [5.74, 6) is 0.156. The van der Waals surface area contributed by atoms with Crippen molar-refractivity contribution in [3.63, 3.8) is 0 Å². The van der Waals surface area contributed by atoms with Gasteiger partial charge in [0.05, 0.1) is 28.4 Å². The van der Waals surface area contributed by atoms with Crippen molar-refractivity contribution in [1.29, 1.82) is 0 Å². The Bertz CT molecular complexity index is 1760. The lowest BCUT2D eigenvalue weighted by atomic mass is 9.82. The first-order chi connectivity index (χ1) is 17.8. The van der Waals surface area contributed by atoms with Gasteiger partial charge in [-0.1, -0.05) is 12.1 Å². The molecule has 4 heteroatoms. The lowest BCUT2D eigenvalue weighted by Gasteiger charge is -2.32. The highest BCUT2D eigenvalue weighted by Gasteiger charge is 2.81. The molecule has 5 aromatic rings. The molecule has 1 aliphatic carbocycles. The van der Waals surface area contributed by atoms with E-state index in [1.54, 1.807) is 12.1 Å². The van der Waals surface area contributed by atoms with E-state index in [0.29, 0.717) is 12.0 Å². The van der Waals surface area contributed by atoms with Crippen molar-refractivity contribution in [2.75, 3.05) is 4.90 Å². The smallest absolute Gasteiger partial charge is 0.213 e. The second-order valence-corrected chi connectivity index (χ2v) is 10.4. The van der Waals surface area contributed by atoms with Crippen LogP contribution in [0.4, 0.5) is 21.5 Å². The van der Waals surface area contributed by atoms with E-state index in [1.165, 1.54) is 45.0 Å². The van der Waals surface area contributed by atoms with Gasteiger partial charge < -0.3 is 4.90 Å². The second kappa shape index (κ2) is 6.27. The molecule has 1 saturated carbocycles. The molecule has 170 valence electrons. The zero-order valence-corrected chi connectivity index (χ0v) is 19.5. The molecule has 9 rings (SSSR count). The van der Waals surface area contributed by atoms with Gasteiger partial charge in [-0.2, -0.15) is 9.13 Å². The van der Waals surface area contributed by atoms with Crippen LogP contribution in [-0.2, 0) is 12.0 Å². The summed E-state index contributed by atoms with van der Waals surface area (Å²) in [7, 11) is 0. The Morgan fingerprint density at radius 3 is 2.33 bits per heavy atom. The molecule has 2 aromatic heterocycles. The molecule has 0 radical (unpaired) electrons. The second-order valence-electron chi connectivity index (χ2n) is 10.4. The monoisotopic (exact) mass is 467 g/mol. The van der Waals surface area contributed by atoms with Crippen LogP contribution < -0.4 is 14.0 Å². The quantitative estimate of drug-likeness (QED) is 0.270. The molecule has 5 heterocycles. The molecule has 4 aliphatic rings. The average molecular weight is 468 g/mol. The molecule has 3 nitrogen and oxygen atoms in total. The molecule has 3 unspecified atom stereocenters. The minimum atomic E-state index is -0.214. The summed E-state index contributed by atoms with van der Waals surface area (Å²) in [6, 6.07) is 33.8. The lowest BCUT2D eigenvalue weighted by Crippen LogP contribution is -2.49. The van der Waals surface area contributed by atoms with Crippen LogP contribution in [0.1, 0.15) is 23.1 Å². The van der Waals surface area contributed by atoms with Crippen LogP contribution in [0.5, 0.6) is 0 Å². The normalized spacial score (nSPS) is 23.1. The Morgan fingerprint density at radius 1 is 0.722 bits per heavy atom. The number of fused-ring (bicyclic) bond motifs is 5. The molecule has 36 heavy (non-hydrogen) atoms. The standard InChI is InChI=1S/C32H22FN3/c33-20-13-15-21(16-14-20)36-26-11-5-7-22-25-10-2-4-18-35(25)31-30(28(22)26)32(31)19-34-17-3-1-9-24(34)23-8-6-12-27(36)29(23)32/h1-18,30-31H,19H2/q+2. The van der Waals surface area contributed by atoms with E-state index in [4.69, 9.17) is 0 Å². The molecular weight excluding hydrogens is 445 g/mol. The van der Waals surface area contributed by atoms with E-state index in [9.17, 15) is 4.39 Å². The summed E-state index contributed by atoms with van der Waals surface area (Å²) in [6.45, 7) is 0.939. The lowest BCUT2D eigenvalue weighted by molar-refractivity contribution is -0.720. The fourth-order valence-corrected chi connectivity index (χ4v) is 7.61. The minimum absolute atomic E-state index is 0.0537. The zero-order valence-electron chi connectivity index (χ0n) is 19.5. The van der Waals surface area contributed by atoms with Crippen molar-refractivity contribution in [2.24, 2.45) is 0 Å². The molecule has 3 aliphatic heterocycles. The van der Waals surface area contributed by atoms with Gasteiger partial charge in [0.25, 0.3) is 0 Å². The number of pyridine rings is 2. The topological polar surface area (TPSA) is 11.0 Å². The Balaban J connectivity index is 1.46. The van der Waals surface area contributed by atoms with Crippen LogP contribution in [0.3, 0.4) is 0 Å². The Kier molecular flexibility index (Phi) is 3.30. The van der Waals surface area contributed by atoms with Crippen molar-refractivity contribution < 1.29 is 13.5 Å². The molecule has 0 amide bonds. The predicted octanol–water partition coefficient (Wildman–Crippen LogP) is 6.12. The SMILES string of the molecule is Fc1ccc(N2c3cccc4c3C3C([n+]5ccccc5-4)C34C[n+]3ccccc3-c3cccc2c34)cc1. The number of benzene rings is 3. The van der Waals surface area contributed by atoms with E-state index >= 15 is 0 Å². The van der Waals surface area contributed by atoms with Gasteiger partial charge in [0.15, 0.2) is 25.0 Å². The van der Waals surface area contributed by atoms with E-state index in [1.807, 2.05) is 12.1 Å². The fraction of sp³-hybridized carbons (Fsp3) is 0.125. The first-order valence-electron chi connectivity index (χ1n) is 12.6. The van der Waals surface area contributed by atoms with Crippen LogP contribution in [0, 0.1) is 5.82 Å². The molecule has 1 spiro atoms. The van der Waals surface area contributed by atoms with E-state index < -0.39 is 0 Å². The molecule has 1 fully saturated rings. The molecule has 0 N–H and O–H groups in total. The maximum absolute atomic E-state index is 14.0. The van der Waals surface area contributed by atoms with Crippen molar-refractivity contribution in [3.8, 4) is 22.5 Å².